The Morgan fingerprint density at radius 3 is 2.46 bits per heavy atom. The van der Waals surface area contributed by atoms with Gasteiger partial charge in [0.1, 0.15) is 22.7 Å². The molecule has 0 saturated carbocycles. The van der Waals surface area contributed by atoms with E-state index in [1.165, 1.54) is 12.4 Å². The highest BCUT2D eigenvalue weighted by atomic mass is 16.5. The summed E-state index contributed by atoms with van der Waals surface area (Å²) in [5.41, 5.74) is 3.63. The number of rotatable bonds is 8. The molecule has 39 heavy (non-hydrogen) atoms. The number of hydrogen-bond acceptors (Lipinski definition) is 5. The molecule has 0 spiro atoms. The third kappa shape index (κ3) is 5.49. The highest BCUT2D eigenvalue weighted by molar-refractivity contribution is 5.83. The van der Waals surface area contributed by atoms with Crippen LogP contribution in [-0.2, 0) is 16.8 Å². The first kappa shape index (κ1) is 26.0. The van der Waals surface area contributed by atoms with E-state index in [4.69, 9.17) is 9.15 Å². The van der Waals surface area contributed by atoms with E-state index in [2.05, 4.69) is 5.32 Å². The Morgan fingerprint density at radius 1 is 1.03 bits per heavy atom. The molecular formula is C32H31N2O5+. The zero-order valence-corrected chi connectivity index (χ0v) is 22.1. The van der Waals surface area contributed by atoms with Crippen molar-refractivity contribution in [2.75, 3.05) is 7.11 Å². The number of ether oxygens (including phenoxy) is 1. The number of methoxy groups -OCH3 is 1. The molecule has 0 bridgehead atoms. The molecule has 7 heteroatoms. The minimum absolute atomic E-state index is 0.115. The van der Waals surface area contributed by atoms with Gasteiger partial charge in [-0.15, -0.1) is 0 Å². The van der Waals surface area contributed by atoms with Crippen molar-refractivity contribution < 1.29 is 29.0 Å². The number of aryl methyl sites for hydroxylation is 1. The molecular weight excluding hydrogens is 492 g/mol. The van der Waals surface area contributed by atoms with Crippen LogP contribution in [0.1, 0.15) is 46.5 Å². The fourth-order valence-corrected chi connectivity index (χ4v) is 4.81. The molecule has 1 amide bonds. The van der Waals surface area contributed by atoms with E-state index < -0.39 is 5.60 Å². The number of hydrogen-bond donors (Lipinski definition) is 3. The number of aromatic nitrogens is 1. The molecule has 2 atom stereocenters. The van der Waals surface area contributed by atoms with E-state index in [1.54, 1.807) is 32.2 Å². The second kappa shape index (κ2) is 10.6. The van der Waals surface area contributed by atoms with Crippen LogP contribution in [0.15, 0.2) is 102 Å². The predicted molar refractivity (Wildman–Crippen MR) is 147 cm³/mol. The number of furan rings is 1. The van der Waals surface area contributed by atoms with E-state index in [0.29, 0.717) is 16.9 Å². The molecule has 0 radical (unpaired) electrons. The Labute approximate surface area is 226 Å². The van der Waals surface area contributed by atoms with E-state index in [0.717, 1.165) is 38.1 Å². The molecule has 3 N–H and O–H groups in total. The quantitative estimate of drug-likeness (QED) is 0.197. The minimum atomic E-state index is -1.40. The third-order valence-corrected chi connectivity index (χ3v) is 7.03. The SMILES string of the molecule is COc1ccc(C(NC(=O)Cc2ccc3oc(C(C)(O)c4cc[n+](O)cc4)cc3c2)c2ccccc2)c(C)c1. The summed E-state index contributed by atoms with van der Waals surface area (Å²) in [6.45, 7) is 3.65. The average Bonchev–Trinajstić information content (AvgIpc) is 3.37. The van der Waals surface area contributed by atoms with Crippen LogP contribution >= 0.6 is 0 Å². The number of pyridine rings is 1. The fraction of sp³-hybridized carbons (Fsp3) is 0.188. The zero-order valence-electron chi connectivity index (χ0n) is 22.1. The second-order valence-electron chi connectivity index (χ2n) is 9.83. The molecule has 5 aromatic rings. The van der Waals surface area contributed by atoms with E-state index in [9.17, 15) is 15.1 Å². The van der Waals surface area contributed by atoms with Crippen molar-refractivity contribution in [3.8, 4) is 5.75 Å². The second-order valence-corrected chi connectivity index (χ2v) is 9.83. The molecule has 0 aliphatic heterocycles. The summed E-state index contributed by atoms with van der Waals surface area (Å²) in [5, 5.41) is 24.7. The summed E-state index contributed by atoms with van der Waals surface area (Å²) < 4.78 is 12.2. The van der Waals surface area contributed by atoms with Crippen LogP contribution in [0.2, 0.25) is 0 Å². The number of aliphatic hydroxyl groups is 1. The molecule has 0 fully saturated rings. The minimum Gasteiger partial charge on any atom is -0.497 e. The third-order valence-electron chi connectivity index (χ3n) is 7.03. The summed E-state index contributed by atoms with van der Waals surface area (Å²) in [7, 11) is 1.64. The van der Waals surface area contributed by atoms with Gasteiger partial charge in [0.2, 0.25) is 18.3 Å². The lowest BCUT2D eigenvalue weighted by atomic mass is 9.94. The molecule has 198 valence electrons. The lowest BCUT2D eigenvalue weighted by Crippen LogP contribution is -2.31. The van der Waals surface area contributed by atoms with Crippen LogP contribution in [0, 0.1) is 6.92 Å². The van der Waals surface area contributed by atoms with Gasteiger partial charge in [0.15, 0.2) is 0 Å². The van der Waals surface area contributed by atoms with Gasteiger partial charge >= 0.3 is 0 Å². The monoisotopic (exact) mass is 523 g/mol. The van der Waals surface area contributed by atoms with Gasteiger partial charge < -0.3 is 19.6 Å². The number of nitrogens with zero attached hydrogens (tertiary/aromatic N) is 1. The van der Waals surface area contributed by atoms with Gasteiger partial charge in [-0.3, -0.25) is 10.0 Å². The van der Waals surface area contributed by atoms with Crippen LogP contribution in [0.3, 0.4) is 0 Å². The molecule has 5 rings (SSSR count). The highest BCUT2D eigenvalue weighted by Gasteiger charge is 2.31. The number of fused-ring (bicyclic) bond motifs is 1. The predicted octanol–water partition coefficient (Wildman–Crippen LogP) is 4.98. The Balaban J connectivity index is 1.38. The van der Waals surface area contributed by atoms with Crippen LogP contribution in [-0.4, -0.2) is 23.3 Å². The first-order chi connectivity index (χ1) is 18.7. The van der Waals surface area contributed by atoms with Crippen LogP contribution in [0.5, 0.6) is 5.75 Å². The average molecular weight is 524 g/mol. The Hall–Kier alpha value is -4.62. The number of nitrogens with one attached hydrogen (secondary N) is 1. The first-order valence-electron chi connectivity index (χ1n) is 12.7. The summed E-state index contributed by atoms with van der Waals surface area (Å²) in [6.07, 6.45) is 3.07. The van der Waals surface area contributed by atoms with Crippen LogP contribution in [0.4, 0.5) is 0 Å². The molecule has 3 aromatic carbocycles. The highest BCUT2D eigenvalue weighted by Crippen LogP contribution is 2.33. The van der Waals surface area contributed by atoms with Gasteiger partial charge in [-0.25, -0.2) is 0 Å². The lowest BCUT2D eigenvalue weighted by molar-refractivity contribution is -0.904. The summed E-state index contributed by atoms with van der Waals surface area (Å²) in [6, 6.07) is 26.0. The number of carbonyl (C=O) groups excluding carboxylic acids is 1. The molecule has 0 saturated heterocycles. The number of benzene rings is 3. The van der Waals surface area contributed by atoms with Crippen molar-refractivity contribution in [1.29, 1.82) is 0 Å². The van der Waals surface area contributed by atoms with Crippen LogP contribution < -0.4 is 14.8 Å². The molecule has 0 aliphatic rings. The van der Waals surface area contributed by atoms with Gasteiger partial charge in [0.05, 0.1) is 19.6 Å². The van der Waals surface area contributed by atoms with Gasteiger partial charge in [-0.05, 0) is 66.4 Å². The van der Waals surface area contributed by atoms with Crippen molar-refractivity contribution in [2.24, 2.45) is 0 Å². The summed E-state index contributed by atoms with van der Waals surface area (Å²) in [4.78, 5) is 13.3. The molecule has 2 aromatic heterocycles. The lowest BCUT2D eigenvalue weighted by Gasteiger charge is -2.22. The van der Waals surface area contributed by atoms with Gasteiger partial charge in [-0.1, -0.05) is 42.5 Å². The number of amides is 1. The fourth-order valence-electron chi connectivity index (χ4n) is 4.81. The van der Waals surface area contributed by atoms with Crippen molar-refractivity contribution in [3.05, 3.63) is 131 Å². The van der Waals surface area contributed by atoms with Crippen molar-refractivity contribution in [2.45, 2.75) is 31.9 Å². The first-order valence-corrected chi connectivity index (χ1v) is 12.7. The maximum absolute atomic E-state index is 13.3. The van der Waals surface area contributed by atoms with Crippen molar-refractivity contribution >= 4 is 16.9 Å². The van der Waals surface area contributed by atoms with E-state index in [-0.39, 0.29) is 18.4 Å². The maximum Gasteiger partial charge on any atom is 0.225 e. The molecule has 7 nitrogen and oxygen atoms in total. The largest absolute Gasteiger partial charge is 0.497 e. The standard InChI is InChI=1S/C32H30N2O5/c1-21-17-26(38-3)10-11-27(21)31(23-7-5-4-6-8-23)33-30(35)19-22-9-12-28-24(18-22)20-29(39-28)32(2,36)25-13-15-34(37)16-14-25/h4-18,20,31,36H,19H2,1-3H3,(H-,33,35,37)/p+1. The van der Waals surface area contributed by atoms with Gasteiger partial charge in [0.25, 0.3) is 0 Å². The summed E-state index contributed by atoms with van der Waals surface area (Å²) >= 11 is 0. The molecule has 2 heterocycles. The van der Waals surface area contributed by atoms with E-state index >= 15 is 0 Å². The number of carbonyl (C=O) groups is 1. The maximum atomic E-state index is 13.3. The topological polar surface area (TPSA) is 95.8 Å². The smallest absolute Gasteiger partial charge is 0.225 e. The van der Waals surface area contributed by atoms with Crippen molar-refractivity contribution in [1.82, 2.24) is 5.32 Å². The zero-order chi connectivity index (χ0) is 27.6. The van der Waals surface area contributed by atoms with Crippen molar-refractivity contribution in [3.63, 3.8) is 0 Å². The normalized spacial score (nSPS) is 13.5. The van der Waals surface area contributed by atoms with Gasteiger partial charge in [-0.2, -0.15) is 0 Å². The van der Waals surface area contributed by atoms with Crippen LogP contribution in [0.25, 0.3) is 11.0 Å². The van der Waals surface area contributed by atoms with Gasteiger partial charge in [0, 0.05) is 27.8 Å². The molecule has 0 aliphatic carbocycles. The Bertz CT molecular complexity index is 1610. The Kier molecular flexibility index (Phi) is 7.09. The Morgan fingerprint density at radius 2 is 1.77 bits per heavy atom. The molecule has 2 unspecified atom stereocenters. The summed E-state index contributed by atoms with van der Waals surface area (Å²) in [5.74, 6) is 1.02. The van der Waals surface area contributed by atoms with E-state index in [1.807, 2.05) is 73.7 Å².